The Morgan fingerprint density at radius 1 is 1.05 bits per heavy atom. The summed E-state index contributed by atoms with van der Waals surface area (Å²) in [6, 6.07) is 4.62. The van der Waals surface area contributed by atoms with E-state index in [1.165, 1.54) is 32.1 Å². The van der Waals surface area contributed by atoms with E-state index >= 15 is 0 Å². The third-order valence-electron chi connectivity index (χ3n) is 9.22. The first kappa shape index (κ1) is 23.9. The van der Waals surface area contributed by atoms with Gasteiger partial charge in [0, 0.05) is 49.5 Å². The number of pyridine rings is 1. The van der Waals surface area contributed by atoms with E-state index in [4.69, 9.17) is 9.97 Å². The fourth-order valence-corrected chi connectivity index (χ4v) is 7.17. The molecule has 200 valence electrons. The Morgan fingerprint density at radius 2 is 1.89 bits per heavy atom. The van der Waals surface area contributed by atoms with Gasteiger partial charge in [-0.05, 0) is 51.7 Å². The number of piperazine rings is 2. The van der Waals surface area contributed by atoms with Crippen molar-refractivity contribution < 1.29 is 4.79 Å². The molecule has 2 saturated carbocycles. The topological polar surface area (TPSA) is 89.5 Å². The van der Waals surface area contributed by atoms with Crippen molar-refractivity contribution in [1.29, 1.82) is 0 Å². The van der Waals surface area contributed by atoms with E-state index in [-0.39, 0.29) is 23.0 Å². The number of hydrogen-bond donors (Lipinski definition) is 2. The van der Waals surface area contributed by atoms with Gasteiger partial charge in [0.25, 0.3) is 0 Å². The number of aromatic nitrogens is 3. The number of hydrogen-bond acceptors (Lipinski definition) is 8. The molecule has 38 heavy (non-hydrogen) atoms. The molecule has 2 N–H and O–H groups in total. The van der Waals surface area contributed by atoms with Crippen molar-refractivity contribution >= 4 is 35.3 Å². The molecule has 2 saturated heterocycles. The van der Waals surface area contributed by atoms with Crippen molar-refractivity contribution in [3.8, 4) is 0 Å². The number of amides is 1. The van der Waals surface area contributed by atoms with E-state index in [1.54, 1.807) is 0 Å². The second-order valence-corrected chi connectivity index (χ2v) is 12.3. The first-order chi connectivity index (χ1) is 18.4. The number of nitrogens with one attached hydrogen (secondary N) is 2. The fourth-order valence-electron chi connectivity index (χ4n) is 7.17. The minimum absolute atomic E-state index is 0.0506. The maximum absolute atomic E-state index is 12.8. The highest BCUT2D eigenvalue weighted by molar-refractivity contribution is 5.93. The quantitative estimate of drug-likeness (QED) is 0.638. The van der Waals surface area contributed by atoms with Crippen molar-refractivity contribution in [2.24, 2.45) is 0 Å². The molecule has 9 nitrogen and oxygen atoms in total. The number of anilines is 4. The van der Waals surface area contributed by atoms with Crippen LogP contribution in [0.3, 0.4) is 0 Å². The zero-order valence-corrected chi connectivity index (χ0v) is 22.5. The van der Waals surface area contributed by atoms with Crippen molar-refractivity contribution in [2.45, 2.75) is 82.0 Å². The lowest BCUT2D eigenvalue weighted by Gasteiger charge is -2.54. The van der Waals surface area contributed by atoms with Crippen LogP contribution in [0.2, 0.25) is 0 Å². The number of carbonyl (C=O) groups excluding carboxylic acids is 1. The van der Waals surface area contributed by atoms with Gasteiger partial charge in [-0.15, -0.1) is 0 Å². The molecule has 3 aliphatic heterocycles. The van der Waals surface area contributed by atoms with Gasteiger partial charge in [-0.1, -0.05) is 31.4 Å². The van der Waals surface area contributed by atoms with Crippen LogP contribution in [0.1, 0.15) is 64.4 Å². The number of carbonyl (C=O) groups is 1. The monoisotopic (exact) mass is 514 g/mol. The molecule has 5 heterocycles. The van der Waals surface area contributed by atoms with E-state index in [9.17, 15) is 4.79 Å². The van der Waals surface area contributed by atoms with Crippen LogP contribution in [0.4, 0.5) is 23.3 Å². The maximum atomic E-state index is 12.8. The van der Waals surface area contributed by atoms with Gasteiger partial charge in [0.2, 0.25) is 11.9 Å². The highest BCUT2D eigenvalue weighted by atomic mass is 16.2. The van der Waals surface area contributed by atoms with Crippen molar-refractivity contribution in [3.63, 3.8) is 0 Å². The Labute approximate surface area is 224 Å². The summed E-state index contributed by atoms with van der Waals surface area (Å²) >= 11 is 0. The van der Waals surface area contributed by atoms with Gasteiger partial charge in [0.1, 0.15) is 17.7 Å². The largest absolute Gasteiger partial charge is 0.367 e. The van der Waals surface area contributed by atoms with Crippen LogP contribution in [0.5, 0.6) is 0 Å². The van der Waals surface area contributed by atoms with E-state index in [2.05, 4.69) is 50.2 Å². The van der Waals surface area contributed by atoms with Crippen molar-refractivity contribution in [2.75, 3.05) is 41.3 Å². The van der Waals surface area contributed by atoms with Crippen LogP contribution in [0.25, 0.3) is 6.08 Å². The smallest absolute Gasteiger partial charge is 0.246 e. The van der Waals surface area contributed by atoms with E-state index in [0.29, 0.717) is 12.5 Å². The van der Waals surface area contributed by atoms with Crippen molar-refractivity contribution in [3.05, 3.63) is 36.2 Å². The summed E-state index contributed by atoms with van der Waals surface area (Å²) in [7, 11) is 0. The second kappa shape index (κ2) is 8.93. The average molecular weight is 515 g/mol. The zero-order chi connectivity index (χ0) is 25.9. The Bertz CT molecular complexity index is 1250. The van der Waals surface area contributed by atoms with Gasteiger partial charge in [-0.25, -0.2) is 9.97 Å². The molecule has 1 spiro atoms. The minimum Gasteiger partial charge on any atom is -0.367 e. The second-order valence-electron chi connectivity index (χ2n) is 12.3. The first-order valence-corrected chi connectivity index (χ1v) is 14.3. The van der Waals surface area contributed by atoms with Gasteiger partial charge >= 0.3 is 0 Å². The predicted octanol–water partition coefficient (Wildman–Crippen LogP) is 3.71. The third kappa shape index (κ3) is 4.11. The molecule has 1 amide bonds. The molecule has 2 aliphatic carbocycles. The molecule has 0 radical (unpaired) electrons. The summed E-state index contributed by atoms with van der Waals surface area (Å²) in [5, 5.41) is 6.49. The average Bonchev–Trinajstić information content (AvgIpc) is 3.76. The summed E-state index contributed by atoms with van der Waals surface area (Å²) in [6.45, 7) is 8.53. The minimum atomic E-state index is -0.320. The number of rotatable bonds is 4. The van der Waals surface area contributed by atoms with Gasteiger partial charge in [0.05, 0.1) is 17.4 Å². The van der Waals surface area contributed by atoms with Crippen LogP contribution in [-0.4, -0.2) is 75.1 Å². The lowest BCUT2D eigenvalue weighted by Crippen LogP contribution is -2.69. The van der Waals surface area contributed by atoms with Crippen molar-refractivity contribution in [1.82, 2.24) is 25.2 Å². The standard InChI is InChI=1S/C29H38N8O/c1-28(2)19-35(14-15-36(28)21-7-8-21)22-9-11-24(30-17-22)33-27-31-16-20-6-10-23-26(38)32-18-29(12-4-3-5-13-29)37(23)25(20)34-27/h6,9-11,16-17,21,23H,3-5,7-8,12-15,18-19H2,1-2H3,(H,32,38)(H,30,31,33,34). The third-order valence-corrected chi connectivity index (χ3v) is 9.22. The lowest BCUT2D eigenvalue weighted by atomic mass is 9.77. The molecule has 9 heteroatoms. The molecule has 2 aromatic rings. The van der Waals surface area contributed by atoms with E-state index in [1.807, 2.05) is 30.6 Å². The Kier molecular flexibility index (Phi) is 5.61. The van der Waals surface area contributed by atoms with Gasteiger partial charge in [-0.3, -0.25) is 9.69 Å². The zero-order valence-electron chi connectivity index (χ0n) is 22.5. The Hall–Kier alpha value is -3.20. The predicted molar refractivity (Wildman–Crippen MR) is 150 cm³/mol. The fraction of sp³-hybridized carbons (Fsp3) is 0.586. The molecular formula is C29H38N8O. The molecule has 4 fully saturated rings. The number of nitrogens with zero attached hydrogens (tertiary/aromatic N) is 6. The Morgan fingerprint density at radius 3 is 2.63 bits per heavy atom. The van der Waals surface area contributed by atoms with Crippen LogP contribution >= 0.6 is 0 Å². The molecule has 7 rings (SSSR count). The van der Waals surface area contributed by atoms with Gasteiger partial charge in [-0.2, -0.15) is 4.98 Å². The van der Waals surface area contributed by atoms with Gasteiger partial charge in [0.15, 0.2) is 0 Å². The van der Waals surface area contributed by atoms with Crippen LogP contribution in [0.15, 0.2) is 30.6 Å². The molecular weight excluding hydrogens is 476 g/mol. The van der Waals surface area contributed by atoms with Crippen LogP contribution in [-0.2, 0) is 4.79 Å². The summed E-state index contributed by atoms with van der Waals surface area (Å²) < 4.78 is 0. The van der Waals surface area contributed by atoms with Gasteiger partial charge < -0.3 is 20.4 Å². The molecule has 0 aromatic carbocycles. The summed E-state index contributed by atoms with van der Waals surface area (Å²) in [5.41, 5.74) is 2.19. The van der Waals surface area contributed by atoms with E-state index in [0.717, 1.165) is 61.4 Å². The summed E-state index contributed by atoms with van der Waals surface area (Å²) in [4.78, 5) is 34.5. The van der Waals surface area contributed by atoms with Crippen LogP contribution in [0, 0.1) is 0 Å². The molecule has 5 aliphatic rings. The van der Waals surface area contributed by atoms with Crippen LogP contribution < -0.4 is 20.4 Å². The summed E-state index contributed by atoms with van der Waals surface area (Å²) in [6.07, 6.45) is 16.2. The maximum Gasteiger partial charge on any atom is 0.246 e. The number of fused-ring (bicyclic) bond motifs is 4. The van der Waals surface area contributed by atoms with E-state index < -0.39 is 0 Å². The highest BCUT2D eigenvalue weighted by Gasteiger charge is 2.49. The molecule has 1 atom stereocenters. The first-order valence-electron chi connectivity index (χ1n) is 14.3. The Balaban J connectivity index is 1.10. The SMILES string of the molecule is CC1(C)CN(c2ccc(Nc3ncc4c(n3)N3C(C=C4)C(=O)NCC34CCCCC4)nc2)CCN1C1CC1. The normalized spacial score (nSPS) is 26.1. The lowest BCUT2D eigenvalue weighted by molar-refractivity contribution is -0.123. The highest BCUT2D eigenvalue weighted by Crippen LogP contribution is 2.43. The molecule has 1 unspecified atom stereocenters. The summed E-state index contributed by atoms with van der Waals surface area (Å²) in [5.74, 6) is 2.12. The molecule has 2 aromatic heterocycles. The molecule has 0 bridgehead atoms.